The predicted octanol–water partition coefficient (Wildman–Crippen LogP) is 6.66. The standard InChI is InChI=1S/C8H13NS2.C4H8.C3H6.C2H6/c1-7(4-11-6-10)8(2,3)5-9;1-3-4-2;1-3-2;1-2/h6-7H,4H2,1-3H3;3H,1,4H2,2H3;3H,1H2,2H3;1-2H3. The van der Waals surface area contributed by atoms with Crippen molar-refractivity contribution in [3.8, 4) is 6.07 Å². The molecule has 0 heterocycles. The zero-order chi connectivity index (χ0) is 17.0. The van der Waals surface area contributed by atoms with Crippen LogP contribution < -0.4 is 0 Å². The minimum absolute atomic E-state index is 0.231. The summed E-state index contributed by atoms with van der Waals surface area (Å²) in [6.45, 7) is 20.8. The summed E-state index contributed by atoms with van der Waals surface area (Å²) in [5.74, 6) is 1.32. The maximum Gasteiger partial charge on any atom is 0.0687 e. The fourth-order valence-electron chi connectivity index (χ4n) is 0.502. The Morgan fingerprint density at radius 3 is 1.90 bits per heavy atom. The highest BCUT2D eigenvalue weighted by molar-refractivity contribution is 8.20. The molecule has 0 amide bonds. The Balaban J connectivity index is -0.000000118. The first-order valence-electron chi connectivity index (χ1n) is 7.02. The Labute approximate surface area is 137 Å². The molecule has 1 nitrogen and oxygen atoms in total. The second-order valence-electron chi connectivity index (χ2n) is 4.27. The lowest BCUT2D eigenvalue weighted by molar-refractivity contribution is 0.351. The molecule has 0 spiro atoms. The number of thiocarbonyl (C=S) groups is 1. The number of hydrogen-bond donors (Lipinski definition) is 0. The highest BCUT2D eigenvalue weighted by Crippen LogP contribution is 2.27. The van der Waals surface area contributed by atoms with Crippen LogP contribution in [0, 0.1) is 22.7 Å². The minimum Gasteiger partial charge on any atom is -0.198 e. The lowest BCUT2D eigenvalue weighted by Gasteiger charge is -2.22. The van der Waals surface area contributed by atoms with Crippen molar-refractivity contribution in [1.82, 2.24) is 0 Å². The summed E-state index contributed by atoms with van der Waals surface area (Å²) in [7, 11) is 0. The summed E-state index contributed by atoms with van der Waals surface area (Å²) in [6.07, 6.45) is 4.71. The molecule has 0 fully saturated rings. The minimum atomic E-state index is -0.231. The molecule has 0 N–H and O–H groups in total. The van der Waals surface area contributed by atoms with Gasteiger partial charge in [0.05, 0.1) is 11.5 Å². The van der Waals surface area contributed by atoms with Crippen LogP contribution in [-0.2, 0) is 0 Å². The highest BCUT2D eigenvalue weighted by Gasteiger charge is 2.24. The summed E-state index contributed by atoms with van der Waals surface area (Å²) in [4.78, 5) is 0. The topological polar surface area (TPSA) is 23.8 Å². The number of hydrogen-bond acceptors (Lipinski definition) is 3. The van der Waals surface area contributed by atoms with Crippen molar-refractivity contribution in [2.75, 3.05) is 5.75 Å². The molecule has 0 rings (SSSR count). The summed E-state index contributed by atoms with van der Waals surface area (Å²) < 4.78 is 1.66. The van der Waals surface area contributed by atoms with Crippen molar-refractivity contribution in [3.63, 3.8) is 0 Å². The molecule has 3 heteroatoms. The van der Waals surface area contributed by atoms with E-state index in [0.29, 0.717) is 5.92 Å². The highest BCUT2D eigenvalue weighted by atomic mass is 32.2. The Kier molecular flexibility index (Phi) is 32.5. The van der Waals surface area contributed by atoms with Crippen LogP contribution in [0.3, 0.4) is 0 Å². The van der Waals surface area contributed by atoms with E-state index in [9.17, 15) is 0 Å². The van der Waals surface area contributed by atoms with Crippen LogP contribution in [0.25, 0.3) is 0 Å². The smallest absolute Gasteiger partial charge is 0.0687 e. The van der Waals surface area contributed by atoms with E-state index in [-0.39, 0.29) is 5.41 Å². The van der Waals surface area contributed by atoms with Crippen LogP contribution in [0.15, 0.2) is 25.3 Å². The molecule has 0 saturated carbocycles. The van der Waals surface area contributed by atoms with Crippen molar-refractivity contribution < 1.29 is 0 Å². The molecule has 0 aliphatic rings. The Bertz CT molecular complexity index is 252. The van der Waals surface area contributed by atoms with Crippen molar-refractivity contribution in [3.05, 3.63) is 25.3 Å². The lowest BCUT2D eigenvalue weighted by Crippen LogP contribution is -2.21. The molecule has 0 aromatic rings. The molecule has 0 aliphatic heterocycles. The maximum atomic E-state index is 8.77. The number of allylic oxidation sites excluding steroid dienone is 2. The normalized spacial score (nSPS) is 9.70. The van der Waals surface area contributed by atoms with E-state index in [1.165, 1.54) is 0 Å². The quantitative estimate of drug-likeness (QED) is 0.418. The van der Waals surface area contributed by atoms with Gasteiger partial charge in [0.25, 0.3) is 0 Å². The van der Waals surface area contributed by atoms with Crippen molar-refractivity contribution in [2.24, 2.45) is 11.3 Å². The maximum absolute atomic E-state index is 8.77. The van der Waals surface area contributed by atoms with Gasteiger partial charge >= 0.3 is 0 Å². The molecule has 0 saturated heterocycles. The second-order valence-corrected chi connectivity index (χ2v) is 5.71. The lowest BCUT2D eigenvalue weighted by atomic mass is 9.83. The molecule has 0 radical (unpaired) electrons. The molecule has 0 aliphatic carbocycles. The molecule has 20 heavy (non-hydrogen) atoms. The van der Waals surface area contributed by atoms with E-state index in [1.54, 1.807) is 22.5 Å². The van der Waals surface area contributed by atoms with E-state index in [2.05, 4.69) is 45.3 Å². The molecule has 1 unspecified atom stereocenters. The summed E-state index contributed by atoms with van der Waals surface area (Å²) in [5.41, 5.74) is -0.231. The molecule has 0 bridgehead atoms. The SMILES string of the molecule is C=CC.C=CCC.CC.CC(CSC=S)C(C)(C)C#N. The number of nitrogens with zero attached hydrogens (tertiary/aromatic N) is 1. The first-order chi connectivity index (χ1) is 9.37. The summed E-state index contributed by atoms with van der Waals surface area (Å²) >= 11 is 6.28. The van der Waals surface area contributed by atoms with Gasteiger partial charge in [-0.25, -0.2) is 0 Å². The van der Waals surface area contributed by atoms with Crippen molar-refractivity contribution >= 4 is 28.7 Å². The van der Waals surface area contributed by atoms with Crippen LogP contribution in [0.4, 0.5) is 0 Å². The Hall–Kier alpha value is -0.590. The van der Waals surface area contributed by atoms with Gasteiger partial charge in [-0.3, -0.25) is 0 Å². The van der Waals surface area contributed by atoms with Crippen LogP contribution >= 0.6 is 24.0 Å². The Morgan fingerprint density at radius 2 is 1.70 bits per heavy atom. The third kappa shape index (κ3) is 26.1. The van der Waals surface area contributed by atoms with Gasteiger partial charge in [0, 0.05) is 10.5 Å². The molecule has 0 aromatic carbocycles. The molecule has 1 atom stereocenters. The van der Waals surface area contributed by atoms with Crippen molar-refractivity contribution in [2.45, 2.75) is 54.9 Å². The third-order valence-corrected chi connectivity index (χ3v) is 3.46. The first kappa shape index (κ1) is 27.7. The largest absolute Gasteiger partial charge is 0.198 e. The van der Waals surface area contributed by atoms with Crippen LogP contribution in [0.2, 0.25) is 0 Å². The van der Waals surface area contributed by atoms with E-state index in [1.807, 2.05) is 40.7 Å². The average molecular weight is 316 g/mol. The summed E-state index contributed by atoms with van der Waals surface area (Å²) in [6, 6.07) is 2.29. The van der Waals surface area contributed by atoms with Crippen molar-refractivity contribution in [1.29, 1.82) is 5.26 Å². The van der Waals surface area contributed by atoms with E-state index in [0.717, 1.165) is 12.2 Å². The summed E-state index contributed by atoms with van der Waals surface area (Å²) in [5, 5.41) is 8.77. The van der Waals surface area contributed by atoms with Gasteiger partial charge in [0.1, 0.15) is 0 Å². The number of rotatable bonds is 5. The van der Waals surface area contributed by atoms with Crippen LogP contribution in [-0.4, -0.2) is 10.5 Å². The van der Waals surface area contributed by atoms with Gasteiger partial charge in [-0.15, -0.1) is 24.9 Å². The van der Waals surface area contributed by atoms with Crippen LogP contribution in [0.1, 0.15) is 54.9 Å². The molecular formula is C17H33NS2. The fraction of sp³-hybridized carbons (Fsp3) is 0.647. The second kappa shape index (κ2) is 23.5. The number of nitriles is 1. The number of thioether (sulfide) groups is 1. The first-order valence-corrected chi connectivity index (χ1v) is 8.54. The fourth-order valence-corrected chi connectivity index (χ4v) is 1.52. The van der Waals surface area contributed by atoms with Gasteiger partial charge in [0.2, 0.25) is 0 Å². The zero-order valence-corrected chi connectivity index (χ0v) is 16.0. The molecule has 0 aromatic heterocycles. The van der Waals surface area contributed by atoms with Gasteiger partial charge in [-0.05, 0) is 33.1 Å². The molecule has 118 valence electrons. The van der Waals surface area contributed by atoms with Crippen LogP contribution in [0.5, 0.6) is 0 Å². The van der Waals surface area contributed by atoms with Gasteiger partial charge in [0.15, 0.2) is 0 Å². The van der Waals surface area contributed by atoms with Gasteiger partial charge in [-0.1, -0.05) is 52.1 Å². The molecular weight excluding hydrogens is 282 g/mol. The predicted molar refractivity (Wildman–Crippen MR) is 102 cm³/mol. The van der Waals surface area contributed by atoms with E-state index in [4.69, 9.17) is 5.26 Å². The Morgan fingerprint density at radius 1 is 1.35 bits per heavy atom. The van der Waals surface area contributed by atoms with Gasteiger partial charge in [-0.2, -0.15) is 5.26 Å². The van der Waals surface area contributed by atoms with E-state index >= 15 is 0 Å². The third-order valence-electron chi connectivity index (χ3n) is 2.22. The monoisotopic (exact) mass is 315 g/mol. The zero-order valence-electron chi connectivity index (χ0n) is 14.4. The average Bonchev–Trinajstić information content (AvgIpc) is 2.47. The van der Waals surface area contributed by atoms with Gasteiger partial charge < -0.3 is 0 Å². The van der Waals surface area contributed by atoms with E-state index < -0.39 is 0 Å².